The number of carboxylic acid groups (broad SMARTS) is 2. The highest BCUT2D eigenvalue weighted by atomic mass is 33.1. The fraction of sp³-hybridized carbons (Fsp3) is 0.200. The lowest BCUT2D eigenvalue weighted by Crippen LogP contribution is -2.52. The van der Waals surface area contributed by atoms with Gasteiger partial charge in [-0.05, 0) is 38.1 Å². The molecule has 0 radical (unpaired) electrons. The summed E-state index contributed by atoms with van der Waals surface area (Å²) in [6.07, 6.45) is 0. The Morgan fingerprint density at radius 1 is 0.667 bits per heavy atom. The van der Waals surface area contributed by atoms with Gasteiger partial charge in [0.15, 0.2) is 9.74 Å². The van der Waals surface area contributed by atoms with Crippen molar-refractivity contribution in [1.82, 2.24) is 10.6 Å². The van der Waals surface area contributed by atoms with Crippen LogP contribution >= 0.6 is 21.6 Å². The third-order valence-corrected chi connectivity index (χ3v) is 7.52. The summed E-state index contributed by atoms with van der Waals surface area (Å²) >= 11 is 0. The molecule has 0 aliphatic rings. The molecule has 8 nitrogen and oxygen atoms in total. The van der Waals surface area contributed by atoms with Crippen molar-refractivity contribution in [3.8, 4) is 0 Å². The second-order valence-corrected chi connectivity index (χ2v) is 9.45. The zero-order chi connectivity index (χ0) is 22.4. The number of aliphatic carboxylic acids is 2. The van der Waals surface area contributed by atoms with Crippen LogP contribution in [-0.2, 0) is 9.59 Å². The van der Waals surface area contributed by atoms with E-state index in [1.807, 2.05) is 0 Å². The molecule has 2 atom stereocenters. The average Bonchev–Trinajstić information content (AvgIpc) is 2.73. The number of rotatable bonds is 9. The number of hydrogen-bond acceptors (Lipinski definition) is 6. The van der Waals surface area contributed by atoms with E-state index in [-0.39, 0.29) is 11.1 Å². The van der Waals surface area contributed by atoms with Gasteiger partial charge in [-0.3, -0.25) is 9.59 Å². The number of benzene rings is 2. The van der Waals surface area contributed by atoms with Crippen LogP contribution in [0.2, 0.25) is 0 Å². The molecule has 0 spiro atoms. The van der Waals surface area contributed by atoms with Gasteiger partial charge in [0.25, 0.3) is 11.8 Å². The van der Waals surface area contributed by atoms with E-state index in [1.54, 1.807) is 36.4 Å². The third kappa shape index (κ3) is 5.77. The monoisotopic (exact) mass is 448 g/mol. The Balaban J connectivity index is 2.16. The highest BCUT2D eigenvalue weighted by Gasteiger charge is 2.43. The molecule has 30 heavy (non-hydrogen) atoms. The first-order valence-electron chi connectivity index (χ1n) is 8.66. The van der Waals surface area contributed by atoms with Crippen molar-refractivity contribution in [2.24, 2.45) is 0 Å². The standard InChI is InChI=1S/C20H20N2O6S2/c1-19(17(25)26,21-15(23)13-9-5-3-6-10-13)29-30-20(2,18(27)28)22-16(24)14-11-7-4-8-12-14/h3-12H,1-2H3,(H,21,23)(H,22,24)(H,25,26)(H,27,28). The van der Waals surface area contributed by atoms with Gasteiger partial charge in [0.05, 0.1) is 0 Å². The number of carbonyl (C=O) groups is 4. The first-order valence-corrected chi connectivity index (χ1v) is 10.8. The molecule has 0 aromatic heterocycles. The summed E-state index contributed by atoms with van der Waals surface area (Å²) < 4.78 is 0. The molecular weight excluding hydrogens is 428 g/mol. The van der Waals surface area contributed by atoms with Crippen LogP contribution in [-0.4, -0.2) is 43.7 Å². The predicted molar refractivity (Wildman–Crippen MR) is 115 cm³/mol. The van der Waals surface area contributed by atoms with Gasteiger partial charge in [0.1, 0.15) is 0 Å². The molecule has 10 heteroatoms. The molecule has 2 aromatic carbocycles. The quantitative estimate of drug-likeness (QED) is 0.340. The van der Waals surface area contributed by atoms with Crippen molar-refractivity contribution in [3.63, 3.8) is 0 Å². The van der Waals surface area contributed by atoms with E-state index in [4.69, 9.17) is 0 Å². The smallest absolute Gasteiger partial charge is 0.340 e. The molecule has 0 saturated carbocycles. The lowest BCUT2D eigenvalue weighted by molar-refractivity contribution is -0.141. The van der Waals surface area contributed by atoms with E-state index in [0.29, 0.717) is 21.6 Å². The normalized spacial score (nSPS) is 14.6. The molecule has 0 saturated heterocycles. The summed E-state index contributed by atoms with van der Waals surface area (Å²) in [6, 6.07) is 16.1. The van der Waals surface area contributed by atoms with Gasteiger partial charge in [0, 0.05) is 11.1 Å². The van der Waals surface area contributed by atoms with Crippen LogP contribution in [0.4, 0.5) is 0 Å². The zero-order valence-corrected chi connectivity index (χ0v) is 17.8. The van der Waals surface area contributed by atoms with Crippen LogP contribution in [0, 0.1) is 0 Å². The summed E-state index contributed by atoms with van der Waals surface area (Å²) in [5.41, 5.74) is 0.517. The Kier molecular flexibility index (Phi) is 7.52. The predicted octanol–water partition coefficient (Wildman–Crippen LogP) is 2.83. The number of carboxylic acids is 2. The van der Waals surface area contributed by atoms with Crippen LogP contribution in [0.5, 0.6) is 0 Å². The molecule has 2 unspecified atom stereocenters. The minimum atomic E-state index is -1.86. The van der Waals surface area contributed by atoms with Gasteiger partial charge >= 0.3 is 11.9 Å². The lowest BCUT2D eigenvalue weighted by atomic mass is 10.2. The molecule has 158 valence electrons. The van der Waals surface area contributed by atoms with Gasteiger partial charge in [-0.15, -0.1) is 0 Å². The van der Waals surface area contributed by atoms with E-state index < -0.39 is 33.5 Å². The number of hydrogen-bond donors (Lipinski definition) is 4. The van der Waals surface area contributed by atoms with Crippen LogP contribution < -0.4 is 10.6 Å². The van der Waals surface area contributed by atoms with Gasteiger partial charge < -0.3 is 20.8 Å². The summed E-state index contributed by atoms with van der Waals surface area (Å²) in [4.78, 5) is 44.8. The number of amides is 2. The Hall–Kier alpha value is -2.98. The van der Waals surface area contributed by atoms with Gasteiger partial charge in [-0.25, -0.2) is 9.59 Å². The fourth-order valence-corrected chi connectivity index (χ4v) is 4.57. The number of nitrogens with one attached hydrogen (secondary N) is 2. The molecule has 0 heterocycles. The molecule has 0 aliphatic heterocycles. The topological polar surface area (TPSA) is 133 Å². The summed E-state index contributed by atoms with van der Waals surface area (Å²) in [5.74, 6) is -3.99. The highest BCUT2D eigenvalue weighted by molar-refractivity contribution is 8.78. The van der Waals surface area contributed by atoms with E-state index in [0.717, 1.165) is 0 Å². The maximum absolute atomic E-state index is 12.4. The SMILES string of the molecule is CC(NC(=O)c1ccccc1)(SSC(C)(NC(=O)c1ccccc1)C(=O)O)C(=O)O. The van der Waals surface area contributed by atoms with E-state index in [2.05, 4.69) is 10.6 Å². The van der Waals surface area contributed by atoms with Crippen molar-refractivity contribution in [2.75, 3.05) is 0 Å². The Morgan fingerprint density at radius 3 is 1.23 bits per heavy atom. The van der Waals surface area contributed by atoms with E-state index >= 15 is 0 Å². The fourth-order valence-electron chi connectivity index (χ4n) is 2.14. The van der Waals surface area contributed by atoms with Crippen LogP contribution in [0.3, 0.4) is 0 Å². The summed E-state index contributed by atoms with van der Waals surface area (Å²) in [6.45, 7) is 2.49. The maximum Gasteiger partial charge on any atom is 0.340 e. The third-order valence-electron chi connectivity index (χ3n) is 3.97. The first kappa shape index (κ1) is 23.3. The van der Waals surface area contributed by atoms with Crippen molar-refractivity contribution in [3.05, 3.63) is 71.8 Å². The summed E-state index contributed by atoms with van der Waals surface area (Å²) in [5, 5.41) is 24.1. The van der Waals surface area contributed by atoms with Crippen LogP contribution in [0.25, 0.3) is 0 Å². The van der Waals surface area contributed by atoms with Crippen molar-refractivity contribution in [2.45, 2.75) is 23.6 Å². The molecule has 0 aliphatic carbocycles. The van der Waals surface area contributed by atoms with E-state index in [1.165, 1.54) is 38.1 Å². The minimum absolute atomic E-state index is 0.258. The number of carbonyl (C=O) groups excluding carboxylic acids is 2. The molecule has 2 amide bonds. The summed E-state index contributed by atoms with van der Waals surface area (Å²) in [7, 11) is 1.23. The molecular formula is C20H20N2O6S2. The van der Waals surface area contributed by atoms with Crippen molar-refractivity contribution >= 4 is 45.3 Å². The Bertz CT molecular complexity index is 863. The Labute approximate surface area is 180 Å². The van der Waals surface area contributed by atoms with Gasteiger partial charge in [-0.2, -0.15) is 0 Å². The Morgan fingerprint density at radius 2 is 0.967 bits per heavy atom. The lowest BCUT2D eigenvalue weighted by Gasteiger charge is -2.30. The molecule has 0 fully saturated rings. The van der Waals surface area contributed by atoms with Crippen LogP contribution in [0.15, 0.2) is 60.7 Å². The molecule has 0 bridgehead atoms. The molecule has 2 rings (SSSR count). The van der Waals surface area contributed by atoms with Crippen molar-refractivity contribution in [1.29, 1.82) is 0 Å². The first-order chi connectivity index (χ1) is 14.1. The molecule has 2 aromatic rings. The molecule has 4 N–H and O–H groups in total. The highest BCUT2D eigenvalue weighted by Crippen LogP contribution is 2.42. The second kappa shape index (κ2) is 9.68. The van der Waals surface area contributed by atoms with Crippen molar-refractivity contribution < 1.29 is 29.4 Å². The minimum Gasteiger partial charge on any atom is -0.479 e. The van der Waals surface area contributed by atoms with E-state index in [9.17, 15) is 29.4 Å². The second-order valence-electron chi connectivity index (χ2n) is 6.48. The van der Waals surface area contributed by atoms with Gasteiger partial charge in [0.2, 0.25) is 0 Å². The zero-order valence-electron chi connectivity index (χ0n) is 16.1. The maximum atomic E-state index is 12.4. The van der Waals surface area contributed by atoms with Crippen LogP contribution in [0.1, 0.15) is 34.6 Å². The average molecular weight is 449 g/mol. The van der Waals surface area contributed by atoms with Gasteiger partial charge in [-0.1, -0.05) is 58.0 Å². The largest absolute Gasteiger partial charge is 0.479 e.